The minimum absolute atomic E-state index is 0.0281. The molecule has 0 aliphatic carbocycles. The van der Waals surface area contributed by atoms with E-state index >= 15 is 0 Å². The number of aliphatic hydroxyl groups is 2. The highest BCUT2D eigenvalue weighted by atomic mass is 32.7. The Morgan fingerprint density at radius 1 is 1.00 bits per heavy atom. The van der Waals surface area contributed by atoms with Gasteiger partial charge in [-0.2, -0.15) is 9.67 Å². The molecule has 0 saturated carbocycles. The molecule has 45 heavy (non-hydrogen) atoms. The Hall–Kier alpha value is -2.70. The van der Waals surface area contributed by atoms with Gasteiger partial charge in [0.2, 0.25) is 5.95 Å². The summed E-state index contributed by atoms with van der Waals surface area (Å²) < 4.78 is 50.1. The van der Waals surface area contributed by atoms with Crippen molar-refractivity contribution in [3.05, 3.63) is 23.0 Å². The van der Waals surface area contributed by atoms with E-state index < -0.39 is 81.4 Å². The number of ether oxygens (including phenoxy) is 2. The number of nitrogens with two attached hydrogens (primary N) is 2. The third-order valence-corrected chi connectivity index (χ3v) is 10.4. The highest BCUT2D eigenvalue weighted by Gasteiger charge is 2.53. The zero-order valence-corrected chi connectivity index (χ0v) is 25.8. The summed E-state index contributed by atoms with van der Waals surface area (Å²) in [6.45, 7) is -9.75. The van der Waals surface area contributed by atoms with E-state index in [1.165, 1.54) is 10.9 Å². The van der Waals surface area contributed by atoms with Gasteiger partial charge < -0.3 is 40.6 Å². The Balaban J connectivity index is 1.21. The van der Waals surface area contributed by atoms with E-state index in [0.29, 0.717) is 0 Å². The number of thiol groups is 1. The van der Waals surface area contributed by atoms with Crippen molar-refractivity contribution in [2.45, 2.75) is 49.1 Å². The molecule has 10 atom stereocenters. The lowest BCUT2D eigenvalue weighted by atomic mass is 10.1. The number of nitrogen functional groups attached to an aromatic ring is 2. The van der Waals surface area contributed by atoms with Gasteiger partial charge in [-0.1, -0.05) is 17.5 Å². The first-order valence-electron chi connectivity index (χ1n) is 12.8. The zero-order chi connectivity index (χ0) is 31.8. The fourth-order valence-electron chi connectivity index (χ4n) is 5.17. The number of hydrogen-bond donors (Lipinski definition) is 7. The van der Waals surface area contributed by atoms with E-state index in [-0.39, 0.29) is 34.1 Å². The topological polar surface area (TPSA) is 305 Å². The molecule has 242 valence electrons. The molecule has 3 aliphatic heterocycles. The summed E-state index contributed by atoms with van der Waals surface area (Å²) >= 11 is 9.26. The lowest BCUT2D eigenvalue weighted by Gasteiger charge is -2.27. The molecule has 7 heterocycles. The van der Waals surface area contributed by atoms with E-state index in [1.807, 2.05) is 0 Å². The number of rotatable bonds is 2. The fourth-order valence-corrected chi connectivity index (χ4v) is 8.07. The second kappa shape index (κ2) is 11.2. The molecule has 26 heteroatoms. The number of aliphatic hydroxyl groups excluding tert-OH is 2. The van der Waals surface area contributed by atoms with Gasteiger partial charge in [-0.3, -0.25) is 27.9 Å². The van der Waals surface area contributed by atoms with Gasteiger partial charge in [-0.05, 0) is 11.8 Å². The normalized spacial score (nSPS) is 37.7. The maximum atomic E-state index is 13.5. The average molecular weight is 708 g/mol. The molecular weight excluding hydrogens is 684 g/mol. The van der Waals surface area contributed by atoms with Crippen molar-refractivity contribution in [2.24, 2.45) is 0 Å². The molecule has 3 fully saturated rings. The standard InChI is InChI=1S/C19H23N11O11P2S2/c20-13-7-14(23-3-22-13)30(28-27-7)17-10(32)11-6(39-17)2-37-43(35,45)41-12-9(31)5(1-36-42(34,44)40-11)38-18(12)29-4-24-8-15(29)25-19(21)26-16(8)33/h3-6,9-12,17-18,31-32H,1-2H2,(H,34,44)(H,35,45)(H2,20,22,23)(H3,21,25,26,33)/t5-,6-,9?,10+,11?,12+,17-,18-,42?,43?/m1/s1. The van der Waals surface area contributed by atoms with Crippen LogP contribution in [-0.4, -0.2) is 109 Å². The van der Waals surface area contributed by atoms with Gasteiger partial charge in [0.1, 0.15) is 43.0 Å². The van der Waals surface area contributed by atoms with Crippen LogP contribution in [0.15, 0.2) is 17.4 Å². The number of nitrogens with one attached hydrogen (secondary N) is 1. The van der Waals surface area contributed by atoms with Gasteiger partial charge >= 0.3 is 13.5 Å². The summed E-state index contributed by atoms with van der Waals surface area (Å²) in [6.07, 6.45) is -8.91. The molecule has 2 bridgehead atoms. The molecule has 4 aromatic rings. The van der Waals surface area contributed by atoms with Crippen LogP contribution in [0.3, 0.4) is 0 Å². The summed E-state index contributed by atoms with van der Waals surface area (Å²) in [5.74, 6) is -0.199. The van der Waals surface area contributed by atoms with Gasteiger partial charge in [0.15, 0.2) is 40.6 Å². The van der Waals surface area contributed by atoms with E-state index in [4.69, 9.17) is 50.8 Å². The molecule has 0 aromatic carbocycles. The molecule has 8 N–H and O–H groups in total. The van der Waals surface area contributed by atoms with Gasteiger partial charge in [-0.25, -0.2) is 19.5 Å². The van der Waals surface area contributed by atoms with Crippen LogP contribution < -0.4 is 17.0 Å². The molecule has 4 aromatic heterocycles. The highest BCUT2D eigenvalue weighted by Crippen LogP contribution is 2.58. The van der Waals surface area contributed by atoms with Gasteiger partial charge in [0.25, 0.3) is 5.56 Å². The van der Waals surface area contributed by atoms with Crippen molar-refractivity contribution in [1.82, 2.24) is 44.5 Å². The van der Waals surface area contributed by atoms with Gasteiger partial charge in [0, 0.05) is 0 Å². The summed E-state index contributed by atoms with van der Waals surface area (Å²) in [5.41, 5.74) is 11.0. The molecule has 0 spiro atoms. The van der Waals surface area contributed by atoms with E-state index in [1.54, 1.807) is 0 Å². The molecule has 22 nitrogen and oxygen atoms in total. The first-order chi connectivity index (χ1) is 21.3. The lowest BCUT2D eigenvalue weighted by Crippen LogP contribution is -2.36. The Bertz CT molecular complexity index is 1940. The minimum Gasteiger partial charge on any atom is -0.387 e. The SMILES string of the molecule is Nc1nc2c(ncn2[C@@H]2O[C@@H]3COP(O)(=S)OC4[C@@H](COP(=O)(S)O[C@H]2C3O)O[C@@H](n2nnc3c(N)ncnc32)[C@H]4O)c(=O)[nH]1. The number of hydrogen-bond acceptors (Lipinski definition) is 19. The number of fused-ring (bicyclic) bond motifs is 5. The number of nitrogens with zero attached hydrogens (tertiary/aromatic N) is 8. The quantitative estimate of drug-likeness (QED) is 0.0884. The maximum absolute atomic E-state index is 13.5. The summed E-state index contributed by atoms with van der Waals surface area (Å²) in [4.78, 5) is 41.6. The Morgan fingerprint density at radius 2 is 1.76 bits per heavy atom. The largest absolute Gasteiger partial charge is 0.387 e. The molecular formula is C19H23N11O11P2S2. The van der Waals surface area contributed by atoms with Gasteiger partial charge in [-0.15, -0.1) is 5.10 Å². The van der Waals surface area contributed by atoms with Crippen LogP contribution in [-0.2, 0) is 43.9 Å². The minimum atomic E-state index is -4.38. The van der Waals surface area contributed by atoms with Crippen LogP contribution in [0, 0.1) is 0 Å². The number of imidazole rings is 1. The third-order valence-electron chi connectivity index (χ3n) is 7.19. The molecule has 3 saturated heterocycles. The van der Waals surface area contributed by atoms with Crippen molar-refractivity contribution in [1.29, 1.82) is 0 Å². The van der Waals surface area contributed by atoms with Crippen LogP contribution in [0.1, 0.15) is 12.5 Å². The maximum Gasteiger partial charge on any atom is 0.386 e. The van der Waals surface area contributed by atoms with Crippen LogP contribution in [0.2, 0.25) is 0 Å². The summed E-state index contributed by atoms with van der Waals surface area (Å²) in [7, 11) is 0. The molecule has 0 amide bonds. The average Bonchev–Trinajstić information content (AvgIpc) is 3.72. The van der Waals surface area contributed by atoms with Gasteiger partial charge in [0.05, 0.1) is 19.5 Å². The number of aromatic nitrogens is 9. The van der Waals surface area contributed by atoms with Crippen LogP contribution in [0.4, 0.5) is 11.8 Å². The number of anilines is 2. The molecule has 7 rings (SSSR count). The first-order valence-corrected chi connectivity index (χ1v) is 18.1. The van der Waals surface area contributed by atoms with Crippen LogP contribution >= 0.6 is 25.8 Å². The monoisotopic (exact) mass is 707 g/mol. The lowest BCUT2D eigenvalue weighted by molar-refractivity contribution is -0.0615. The Labute approximate surface area is 259 Å². The van der Waals surface area contributed by atoms with E-state index in [9.17, 15) is 24.5 Å². The van der Waals surface area contributed by atoms with Crippen molar-refractivity contribution in [3.8, 4) is 0 Å². The van der Waals surface area contributed by atoms with Crippen molar-refractivity contribution in [2.75, 3.05) is 24.7 Å². The molecule has 4 unspecified atom stereocenters. The predicted octanol–water partition coefficient (Wildman–Crippen LogP) is -1.89. The smallest absolute Gasteiger partial charge is 0.386 e. The highest BCUT2D eigenvalue weighted by molar-refractivity contribution is 8.44. The Morgan fingerprint density at radius 3 is 2.56 bits per heavy atom. The summed E-state index contributed by atoms with van der Waals surface area (Å²) in [5, 5.41) is 30.2. The second-order valence-electron chi connectivity index (χ2n) is 10.0. The molecule has 3 aliphatic rings. The number of H-pyrrole nitrogens is 1. The molecule has 0 radical (unpaired) electrons. The van der Waals surface area contributed by atoms with Crippen LogP contribution in [0.5, 0.6) is 0 Å². The summed E-state index contributed by atoms with van der Waals surface area (Å²) in [6, 6.07) is 0. The van der Waals surface area contributed by atoms with Crippen LogP contribution in [0.25, 0.3) is 22.3 Å². The predicted molar refractivity (Wildman–Crippen MR) is 155 cm³/mol. The Kier molecular flexibility index (Phi) is 7.71. The fraction of sp³-hybridized carbons (Fsp3) is 0.526. The first kappa shape index (κ1) is 30.9. The van der Waals surface area contributed by atoms with E-state index in [0.717, 1.165) is 11.0 Å². The second-order valence-corrected chi connectivity index (χ2v) is 15.7. The third kappa shape index (κ3) is 5.54. The van der Waals surface area contributed by atoms with Crippen molar-refractivity contribution < 1.29 is 47.2 Å². The zero-order valence-electron chi connectivity index (χ0n) is 22.3. The van der Waals surface area contributed by atoms with Crippen molar-refractivity contribution in [3.63, 3.8) is 0 Å². The van der Waals surface area contributed by atoms with E-state index in [2.05, 4.69) is 47.5 Å². The number of aromatic amines is 1. The van der Waals surface area contributed by atoms with Crippen molar-refractivity contribution >= 4 is 71.7 Å².